The van der Waals surface area contributed by atoms with Crippen LogP contribution < -0.4 is 9.47 Å². The molecule has 2 unspecified atom stereocenters. The highest BCUT2D eigenvalue weighted by Gasteiger charge is 2.44. The van der Waals surface area contributed by atoms with E-state index < -0.39 is 0 Å². The summed E-state index contributed by atoms with van der Waals surface area (Å²) < 4.78 is 10.8. The van der Waals surface area contributed by atoms with Crippen LogP contribution in [0.5, 0.6) is 11.5 Å². The molecule has 2 fully saturated rings. The monoisotopic (exact) mass is 364 g/mol. The van der Waals surface area contributed by atoms with Crippen molar-refractivity contribution in [2.45, 2.75) is 37.9 Å². The molecule has 0 N–H and O–H groups in total. The van der Waals surface area contributed by atoms with E-state index in [1.165, 1.54) is 18.4 Å². The number of benzene rings is 2. The van der Waals surface area contributed by atoms with Gasteiger partial charge >= 0.3 is 0 Å². The predicted octanol–water partition coefficient (Wildman–Crippen LogP) is 3.35. The molecule has 1 amide bonds. The third kappa shape index (κ3) is 3.06. The fourth-order valence-electron chi connectivity index (χ4n) is 4.61. The highest BCUT2D eigenvalue weighted by molar-refractivity contribution is 5.77. The number of fused-ring (bicyclic) bond motifs is 2. The van der Waals surface area contributed by atoms with E-state index in [0.717, 1.165) is 36.6 Å². The summed E-state index contributed by atoms with van der Waals surface area (Å²) >= 11 is 0. The lowest BCUT2D eigenvalue weighted by atomic mass is 10.1. The van der Waals surface area contributed by atoms with Crippen LogP contribution in [-0.4, -0.2) is 41.6 Å². The van der Waals surface area contributed by atoms with Crippen molar-refractivity contribution in [2.75, 3.05) is 19.9 Å². The lowest BCUT2D eigenvalue weighted by Gasteiger charge is -2.30. The van der Waals surface area contributed by atoms with E-state index in [2.05, 4.69) is 34.1 Å². The van der Waals surface area contributed by atoms with Gasteiger partial charge in [0.05, 0.1) is 0 Å². The molecule has 2 aromatic carbocycles. The standard InChI is InChI=1S/C22H24N2O3/c25-21(11-9-16-8-10-19-20(13-16)27-15-26-19)24-14-18-7-4-12-23(18)22(24)17-5-2-1-3-6-17/h1-3,5-6,8,10,13,18,22H,4,7,9,11-12,14-15H2. The maximum atomic E-state index is 13.1. The summed E-state index contributed by atoms with van der Waals surface area (Å²) in [5.74, 6) is 1.80. The normalized spacial score (nSPS) is 23.6. The number of hydrogen-bond donors (Lipinski definition) is 0. The molecule has 0 bridgehead atoms. The molecule has 0 radical (unpaired) electrons. The number of nitrogens with zero attached hydrogens (tertiary/aromatic N) is 2. The zero-order valence-corrected chi connectivity index (χ0v) is 15.3. The van der Waals surface area contributed by atoms with Gasteiger partial charge in [0, 0.05) is 25.6 Å². The van der Waals surface area contributed by atoms with Gasteiger partial charge in [-0.2, -0.15) is 0 Å². The van der Waals surface area contributed by atoms with E-state index in [1.54, 1.807) is 0 Å². The van der Waals surface area contributed by atoms with Crippen molar-refractivity contribution < 1.29 is 14.3 Å². The average Bonchev–Trinajstić information content (AvgIpc) is 3.41. The van der Waals surface area contributed by atoms with Crippen LogP contribution >= 0.6 is 0 Å². The van der Waals surface area contributed by atoms with Crippen molar-refractivity contribution in [1.82, 2.24) is 9.80 Å². The quantitative estimate of drug-likeness (QED) is 0.834. The Morgan fingerprint density at radius 2 is 1.93 bits per heavy atom. The van der Waals surface area contributed by atoms with Crippen LogP contribution in [0.4, 0.5) is 0 Å². The fourth-order valence-corrected chi connectivity index (χ4v) is 4.61. The first-order valence-corrected chi connectivity index (χ1v) is 9.78. The van der Waals surface area contributed by atoms with E-state index in [9.17, 15) is 4.79 Å². The Morgan fingerprint density at radius 3 is 2.81 bits per heavy atom. The van der Waals surface area contributed by atoms with Crippen LogP contribution in [0.15, 0.2) is 48.5 Å². The number of carbonyl (C=O) groups is 1. The zero-order chi connectivity index (χ0) is 18.2. The largest absolute Gasteiger partial charge is 0.454 e. The van der Waals surface area contributed by atoms with E-state index in [1.807, 2.05) is 24.3 Å². The minimum Gasteiger partial charge on any atom is -0.454 e. The van der Waals surface area contributed by atoms with Crippen LogP contribution in [-0.2, 0) is 11.2 Å². The molecular weight excluding hydrogens is 340 g/mol. The number of amides is 1. The van der Waals surface area contributed by atoms with Crippen molar-refractivity contribution >= 4 is 5.91 Å². The first-order chi connectivity index (χ1) is 13.3. The molecular formula is C22H24N2O3. The first-order valence-electron chi connectivity index (χ1n) is 9.78. The van der Waals surface area contributed by atoms with Gasteiger partial charge in [0.2, 0.25) is 12.7 Å². The molecule has 5 heteroatoms. The summed E-state index contributed by atoms with van der Waals surface area (Å²) in [5.41, 5.74) is 2.34. The summed E-state index contributed by atoms with van der Waals surface area (Å²) in [6.07, 6.45) is 3.74. The van der Waals surface area contributed by atoms with Gasteiger partial charge in [0.1, 0.15) is 6.17 Å². The molecule has 2 aromatic rings. The van der Waals surface area contributed by atoms with E-state index in [4.69, 9.17) is 9.47 Å². The highest BCUT2D eigenvalue weighted by atomic mass is 16.7. The molecule has 5 nitrogen and oxygen atoms in total. The van der Waals surface area contributed by atoms with E-state index in [-0.39, 0.29) is 18.9 Å². The smallest absolute Gasteiger partial charge is 0.231 e. The molecule has 0 spiro atoms. The number of carbonyl (C=O) groups excluding carboxylic acids is 1. The number of aryl methyl sites for hydroxylation is 1. The fraction of sp³-hybridized carbons (Fsp3) is 0.409. The second-order valence-electron chi connectivity index (χ2n) is 7.55. The molecule has 5 rings (SSSR count). The minimum atomic E-state index is 0.0861. The second-order valence-corrected chi connectivity index (χ2v) is 7.55. The summed E-state index contributed by atoms with van der Waals surface area (Å²) in [5, 5.41) is 0. The van der Waals surface area contributed by atoms with Gasteiger partial charge in [-0.25, -0.2) is 0 Å². The van der Waals surface area contributed by atoms with Crippen molar-refractivity contribution in [1.29, 1.82) is 0 Å². The Morgan fingerprint density at radius 1 is 1.07 bits per heavy atom. The van der Waals surface area contributed by atoms with Gasteiger partial charge < -0.3 is 14.4 Å². The van der Waals surface area contributed by atoms with E-state index in [0.29, 0.717) is 12.5 Å². The molecule has 0 aliphatic carbocycles. The van der Waals surface area contributed by atoms with Crippen LogP contribution in [0.25, 0.3) is 0 Å². The third-order valence-electron chi connectivity index (χ3n) is 5.92. The molecule has 0 saturated carbocycles. The highest BCUT2D eigenvalue weighted by Crippen LogP contribution is 2.39. The molecule has 3 aliphatic rings. The Hall–Kier alpha value is -2.53. The van der Waals surface area contributed by atoms with Gasteiger partial charge in [0.25, 0.3) is 0 Å². The number of rotatable bonds is 4. The molecule has 3 aliphatic heterocycles. The van der Waals surface area contributed by atoms with Gasteiger partial charge in [0.15, 0.2) is 11.5 Å². The topological polar surface area (TPSA) is 42.0 Å². The van der Waals surface area contributed by atoms with Crippen molar-refractivity contribution in [3.05, 3.63) is 59.7 Å². The second kappa shape index (κ2) is 6.89. The van der Waals surface area contributed by atoms with Gasteiger partial charge in [-0.05, 0) is 42.5 Å². The summed E-state index contributed by atoms with van der Waals surface area (Å²) in [7, 11) is 0. The van der Waals surface area contributed by atoms with Crippen molar-refractivity contribution in [3.63, 3.8) is 0 Å². The Bertz CT molecular complexity index is 839. The van der Waals surface area contributed by atoms with Crippen molar-refractivity contribution in [2.24, 2.45) is 0 Å². The Labute approximate surface area is 159 Å². The molecule has 27 heavy (non-hydrogen) atoms. The Kier molecular flexibility index (Phi) is 4.24. The average molecular weight is 364 g/mol. The number of ether oxygens (including phenoxy) is 2. The lowest BCUT2D eigenvalue weighted by Crippen LogP contribution is -2.35. The van der Waals surface area contributed by atoms with Gasteiger partial charge in [-0.1, -0.05) is 36.4 Å². The Balaban J connectivity index is 1.31. The first kappa shape index (κ1) is 16.6. The molecule has 2 saturated heterocycles. The van der Waals surface area contributed by atoms with Crippen LogP contribution in [0, 0.1) is 0 Å². The molecule has 0 aromatic heterocycles. The zero-order valence-electron chi connectivity index (χ0n) is 15.3. The SMILES string of the molecule is O=C(CCc1ccc2c(c1)OCO2)N1CC2CCCN2C1c1ccccc1. The van der Waals surface area contributed by atoms with Crippen LogP contribution in [0.3, 0.4) is 0 Å². The molecule has 140 valence electrons. The van der Waals surface area contributed by atoms with E-state index >= 15 is 0 Å². The summed E-state index contributed by atoms with van der Waals surface area (Å²) in [6, 6.07) is 16.9. The maximum Gasteiger partial charge on any atom is 0.231 e. The van der Waals surface area contributed by atoms with Crippen molar-refractivity contribution in [3.8, 4) is 11.5 Å². The molecule has 2 atom stereocenters. The number of hydrogen-bond acceptors (Lipinski definition) is 4. The lowest BCUT2D eigenvalue weighted by molar-refractivity contribution is -0.133. The van der Waals surface area contributed by atoms with Crippen LogP contribution in [0.2, 0.25) is 0 Å². The third-order valence-corrected chi connectivity index (χ3v) is 5.92. The predicted molar refractivity (Wildman–Crippen MR) is 102 cm³/mol. The minimum absolute atomic E-state index is 0.0861. The summed E-state index contributed by atoms with van der Waals surface area (Å²) in [4.78, 5) is 17.7. The molecule has 3 heterocycles. The van der Waals surface area contributed by atoms with Crippen LogP contribution in [0.1, 0.15) is 36.6 Å². The maximum absolute atomic E-state index is 13.1. The summed E-state index contributed by atoms with van der Waals surface area (Å²) in [6.45, 7) is 2.21. The van der Waals surface area contributed by atoms with Gasteiger partial charge in [-0.15, -0.1) is 0 Å². The van der Waals surface area contributed by atoms with Gasteiger partial charge in [-0.3, -0.25) is 9.69 Å².